The summed E-state index contributed by atoms with van der Waals surface area (Å²) in [5.74, 6) is 1.03. The predicted molar refractivity (Wildman–Crippen MR) is 111 cm³/mol. The number of nitrogens with one attached hydrogen (secondary N) is 1. The molecule has 0 amide bonds. The van der Waals surface area contributed by atoms with Gasteiger partial charge in [0, 0.05) is 30.7 Å². The van der Waals surface area contributed by atoms with Crippen LogP contribution in [0.2, 0.25) is 0 Å². The van der Waals surface area contributed by atoms with Crippen LogP contribution in [0.1, 0.15) is 23.6 Å². The van der Waals surface area contributed by atoms with Crippen LogP contribution in [-0.2, 0) is 28.0 Å². The predicted octanol–water partition coefficient (Wildman–Crippen LogP) is 4.14. The summed E-state index contributed by atoms with van der Waals surface area (Å²) in [5, 5.41) is 0. The Morgan fingerprint density at radius 2 is 1.73 bits per heavy atom. The molecule has 0 aromatic heterocycles. The maximum Gasteiger partial charge on any atom is 0.416 e. The Morgan fingerprint density at radius 1 is 1.10 bits per heavy atom. The Labute approximate surface area is 175 Å². The van der Waals surface area contributed by atoms with E-state index in [4.69, 9.17) is 0 Å². The summed E-state index contributed by atoms with van der Waals surface area (Å²) < 4.78 is 63.6. The Hall–Kier alpha value is -2.06. The molecule has 1 N–H and O–H groups in total. The van der Waals surface area contributed by atoms with Gasteiger partial charge in [-0.1, -0.05) is 31.2 Å². The topological polar surface area (TPSA) is 49.4 Å². The number of sulfonamides is 1. The van der Waals surface area contributed by atoms with E-state index in [1.54, 1.807) is 18.2 Å². The Kier molecular flexibility index (Phi) is 5.13. The van der Waals surface area contributed by atoms with Crippen LogP contribution < -0.4 is 4.72 Å². The van der Waals surface area contributed by atoms with Crippen molar-refractivity contribution < 1.29 is 21.6 Å². The highest BCUT2D eigenvalue weighted by Crippen LogP contribution is 2.63. The minimum absolute atomic E-state index is 0.0417. The molecule has 0 spiro atoms. The number of anilines is 1. The van der Waals surface area contributed by atoms with E-state index in [1.165, 1.54) is 0 Å². The standard InChI is InChI=1S/C22H25F3N2O2S/c1-21(17-4-3-5-18(12-17)26-30(2,28)29)19-13-27(14-20(19)21)11-10-15-6-8-16(9-7-15)22(23,24)25/h3-9,12,19-20,26H,10-11,13-14H2,1-2H3. The zero-order valence-electron chi connectivity index (χ0n) is 16.9. The van der Waals surface area contributed by atoms with Crippen molar-refractivity contribution in [1.82, 2.24) is 4.90 Å². The van der Waals surface area contributed by atoms with E-state index in [0.717, 1.165) is 55.6 Å². The molecule has 2 aromatic carbocycles. The number of piperidine rings is 1. The minimum atomic E-state index is -4.30. The van der Waals surface area contributed by atoms with Gasteiger partial charge in [0.25, 0.3) is 0 Å². The fourth-order valence-electron chi connectivity index (χ4n) is 4.85. The number of halogens is 3. The van der Waals surface area contributed by atoms with Gasteiger partial charge in [-0.2, -0.15) is 13.2 Å². The van der Waals surface area contributed by atoms with Crippen LogP contribution >= 0.6 is 0 Å². The quantitative estimate of drug-likeness (QED) is 0.738. The molecule has 0 radical (unpaired) electrons. The lowest BCUT2D eigenvalue weighted by Gasteiger charge is -2.25. The number of benzene rings is 2. The van der Waals surface area contributed by atoms with Crippen molar-refractivity contribution in [3.63, 3.8) is 0 Å². The summed E-state index contributed by atoms with van der Waals surface area (Å²) in [4.78, 5) is 2.37. The average molecular weight is 439 g/mol. The van der Waals surface area contributed by atoms with Crippen LogP contribution in [0.5, 0.6) is 0 Å². The molecule has 4 rings (SSSR count). The van der Waals surface area contributed by atoms with Crippen LogP contribution in [0.15, 0.2) is 48.5 Å². The van der Waals surface area contributed by atoms with Crippen LogP contribution in [0.25, 0.3) is 0 Å². The largest absolute Gasteiger partial charge is 0.416 e. The van der Waals surface area contributed by atoms with Gasteiger partial charge in [-0.15, -0.1) is 0 Å². The van der Waals surface area contributed by atoms with Crippen molar-refractivity contribution in [3.8, 4) is 0 Å². The van der Waals surface area contributed by atoms with Crippen molar-refractivity contribution >= 4 is 15.7 Å². The molecule has 2 atom stereocenters. The first-order valence-corrected chi connectivity index (χ1v) is 11.8. The molecular weight excluding hydrogens is 413 g/mol. The van der Waals surface area contributed by atoms with Gasteiger partial charge in [0.2, 0.25) is 10.0 Å². The molecule has 8 heteroatoms. The third-order valence-electron chi connectivity index (χ3n) is 6.61. The van der Waals surface area contributed by atoms with Crippen molar-refractivity contribution in [1.29, 1.82) is 0 Å². The van der Waals surface area contributed by atoms with E-state index < -0.39 is 21.8 Å². The van der Waals surface area contributed by atoms with Crippen LogP contribution in [0, 0.1) is 11.8 Å². The molecule has 0 bridgehead atoms. The lowest BCUT2D eigenvalue weighted by Crippen LogP contribution is -2.30. The van der Waals surface area contributed by atoms with Crippen LogP contribution in [0.4, 0.5) is 18.9 Å². The monoisotopic (exact) mass is 438 g/mol. The number of fused-ring (bicyclic) bond motifs is 1. The lowest BCUT2D eigenvalue weighted by molar-refractivity contribution is -0.137. The first-order valence-electron chi connectivity index (χ1n) is 9.93. The number of hydrogen-bond acceptors (Lipinski definition) is 3. The van der Waals surface area contributed by atoms with Gasteiger partial charge in [0.15, 0.2) is 0 Å². The van der Waals surface area contributed by atoms with Gasteiger partial charge in [-0.05, 0) is 53.6 Å². The van der Waals surface area contributed by atoms with E-state index in [1.807, 2.05) is 12.1 Å². The zero-order chi connectivity index (χ0) is 21.7. The van der Waals surface area contributed by atoms with Gasteiger partial charge in [-0.25, -0.2) is 8.42 Å². The molecular formula is C22H25F3N2O2S. The summed E-state index contributed by atoms with van der Waals surface area (Å²) in [7, 11) is -3.31. The molecule has 2 unspecified atom stereocenters. The normalized spacial score (nSPS) is 26.4. The minimum Gasteiger partial charge on any atom is -0.302 e. The SMILES string of the molecule is CC1(c2cccc(NS(C)(=O)=O)c2)C2CN(CCc3ccc(C(F)(F)F)cc3)CC21. The lowest BCUT2D eigenvalue weighted by atomic mass is 9.92. The Balaban J connectivity index is 1.34. The van der Waals surface area contributed by atoms with E-state index in [-0.39, 0.29) is 5.41 Å². The molecule has 2 aromatic rings. The second-order valence-electron chi connectivity index (χ2n) is 8.65. The summed E-state index contributed by atoms with van der Waals surface area (Å²) in [5.41, 5.74) is 2.07. The summed E-state index contributed by atoms with van der Waals surface area (Å²) in [6.45, 7) is 4.95. The molecule has 2 fully saturated rings. The summed E-state index contributed by atoms with van der Waals surface area (Å²) in [6.07, 6.45) is -2.43. The molecule has 2 aliphatic rings. The highest BCUT2D eigenvalue weighted by Gasteiger charge is 2.65. The van der Waals surface area contributed by atoms with Gasteiger partial charge < -0.3 is 4.90 Å². The number of likely N-dealkylation sites (tertiary alicyclic amines) is 1. The highest BCUT2D eigenvalue weighted by molar-refractivity contribution is 7.92. The van der Waals surface area contributed by atoms with Crippen LogP contribution in [-0.4, -0.2) is 39.2 Å². The second-order valence-corrected chi connectivity index (χ2v) is 10.4. The molecule has 1 saturated heterocycles. The van der Waals surface area contributed by atoms with Crippen molar-refractivity contribution in [2.24, 2.45) is 11.8 Å². The maximum absolute atomic E-state index is 12.7. The molecule has 30 heavy (non-hydrogen) atoms. The van der Waals surface area contributed by atoms with Crippen LogP contribution in [0.3, 0.4) is 0 Å². The fourth-order valence-corrected chi connectivity index (χ4v) is 5.41. The van der Waals surface area contributed by atoms with E-state index in [9.17, 15) is 21.6 Å². The van der Waals surface area contributed by atoms with Gasteiger partial charge in [-0.3, -0.25) is 4.72 Å². The zero-order valence-corrected chi connectivity index (χ0v) is 17.7. The average Bonchev–Trinajstić information content (AvgIpc) is 3.00. The molecule has 162 valence electrons. The Bertz CT molecular complexity index is 1020. The molecule has 1 aliphatic carbocycles. The maximum atomic E-state index is 12.7. The number of nitrogens with zero attached hydrogens (tertiary/aromatic N) is 1. The third kappa shape index (κ3) is 4.21. The molecule has 1 aliphatic heterocycles. The number of rotatable bonds is 6. The second kappa shape index (κ2) is 7.27. The summed E-state index contributed by atoms with van der Waals surface area (Å²) >= 11 is 0. The highest BCUT2D eigenvalue weighted by atomic mass is 32.2. The van der Waals surface area contributed by atoms with Gasteiger partial charge in [0.1, 0.15) is 0 Å². The van der Waals surface area contributed by atoms with Gasteiger partial charge >= 0.3 is 6.18 Å². The molecule has 4 nitrogen and oxygen atoms in total. The first kappa shape index (κ1) is 21.2. The summed E-state index contributed by atoms with van der Waals surface area (Å²) in [6, 6.07) is 13.0. The smallest absolute Gasteiger partial charge is 0.302 e. The number of alkyl halides is 3. The van der Waals surface area contributed by atoms with Crippen molar-refractivity contribution in [2.75, 3.05) is 30.6 Å². The Morgan fingerprint density at radius 3 is 2.30 bits per heavy atom. The number of hydrogen-bond donors (Lipinski definition) is 1. The fraction of sp³-hybridized carbons (Fsp3) is 0.455. The molecule has 1 heterocycles. The van der Waals surface area contributed by atoms with Gasteiger partial charge in [0.05, 0.1) is 11.8 Å². The van der Waals surface area contributed by atoms with E-state index in [0.29, 0.717) is 17.5 Å². The van der Waals surface area contributed by atoms with Crippen molar-refractivity contribution in [3.05, 3.63) is 65.2 Å². The van der Waals surface area contributed by atoms with Crippen molar-refractivity contribution in [2.45, 2.75) is 24.9 Å². The first-order chi connectivity index (χ1) is 14.0. The van der Waals surface area contributed by atoms with E-state index >= 15 is 0 Å². The molecule has 1 saturated carbocycles. The third-order valence-corrected chi connectivity index (χ3v) is 7.22. The van der Waals surface area contributed by atoms with E-state index in [2.05, 4.69) is 22.6 Å².